The van der Waals surface area contributed by atoms with Crippen molar-refractivity contribution in [3.8, 4) is 23.0 Å². The molecule has 0 spiro atoms. The molecule has 0 unspecified atom stereocenters. The number of rotatable bonds is 0. The minimum atomic E-state index is -5.24. The average molecular weight is 228 g/mol. The molecule has 0 saturated heterocycles. The first-order chi connectivity index (χ1) is 6.68. The minimum Gasteiger partial charge on any atom is -0.504 e. The summed E-state index contributed by atoms with van der Waals surface area (Å²) >= 11 is 0. The lowest BCUT2D eigenvalue weighted by atomic mass is 10.1. The zero-order valence-corrected chi connectivity index (χ0v) is 6.80. The molecular formula is C7H4F4O4. The van der Waals surface area contributed by atoms with Gasteiger partial charge in [-0.05, 0) is 0 Å². The van der Waals surface area contributed by atoms with Gasteiger partial charge < -0.3 is 20.4 Å². The SMILES string of the molecule is Oc1c(O)c(C(F)(F)F)c(O)c(O)c1F. The molecule has 0 saturated carbocycles. The molecule has 8 heteroatoms. The van der Waals surface area contributed by atoms with E-state index in [9.17, 15) is 17.6 Å². The van der Waals surface area contributed by atoms with Crippen LogP contribution in [0.3, 0.4) is 0 Å². The van der Waals surface area contributed by atoms with Gasteiger partial charge in [-0.2, -0.15) is 17.6 Å². The Bertz CT molecular complexity index is 383. The highest BCUT2D eigenvalue weighted by molar-refractivity contribution is 5.60. The molecule has 0 aliphatic heterocycles. The Morgan fingerprint density at radius 2 is 1.07 bits per heavy atom. The summed E-state index contributed by atoms with van der Waals surface area (Å²) in [7, 11) is 0. The van der Waals surface area contributed by atoms with Crippen LogP contribution in [0.4, 0.5) is 17.6 Å². The van der Waals surface area contributed by atoms with E-state index in [-0.39, 0.29) is 0 Å². The number of halogens is 4. The van der Waals surface area contributed by atoms with Crippen molar-refractivity contribution in [2.45, 2.75) is 6.18 Å². The van der Waals surface area contributed by atoms with Gasteiger partial charge >= 0.3 is 6.18 Å². The van der Waals surface area contributed by atoms with E-state index in [1.165, 1.54) is 0 Å². The summed E-state index contributed by atoms with van der Waals surface area (Å²) in [5.41, 5.74) is -2.10. The lowest BCUT2D eigenvalue weighted by Gasteiger charge is -2.13. The Morgan fingerprint density at radius 3 is 1.33 bits per heavy atom. The Balaban J connectivity index is 3.68. The van der Waals surface area contributed by atoms with Crippen molar-refractivity contribution in [2.75, 3.05) is 0 Å². The van der Waals surface area contributed by atoms with Crippen LogP contribution in [0.15, 0.2) is 0 Å². The minimum absolute atomic E-state index is 1.78. The van der Waals surface area contributed by atoms with Crippen molar-refractivity contribution in [3.05, 3.63) is 11.4 Å². The molecule has 1 rings (SSSR count). The second-order valence-corrected chi connectivity index (χ2v) is 2.58. The summed E-state index contributed by atoms with van der Waals surface area (Å²) in [6.45, 7) is 0. The smallest absolute Gasteiger partial charge is 0.423 e. The second-order valence-electron chi connectivity index (χ2n) is 2.58. The van der Waals surface area contributed by atoms with Crippen LogP contribution in [0.2, 0.25) is 0 Å². The van der Waals surface area contributed by atoms with Crippen molar-refractivity contribution in [1.29, 1.82) is 0 Å². The molecule has 0 fully saturated rings. The molecule has 0 atom stereocenters. The Morgan fingerprint density at radius 1 is 0.733 bits per heavy atom. The van der Waals surface area contributed by atoms with Gasteiger partial charge in [0, 0.05) is 0 Å². The van der Waals surface area contributed by atoms with E-state index >= 15 is 0 Å². The van der Waals surface area contributed by atoms with E-state index in [1.54, 1.807) is 0 Å². The third-order valence-electron chi connectivity index (χ3n) is 1.62. The maximum atomic E-state index is 12.6. The van der Waals surface area contributed by atoms with Crippen LogP contribution in [0.25, 0.3) is 0 Å². The Labute approximate surface area is 79.6 Å². The summed E-state index contributed by atoms with van der Waals surface area (Å²) in [5, 5.41) is 34.8. The van der Waals surface area contributed by atoms with Crippen molar-refractivity contribution >= 4 is 0 Å². The summed E-state index contributed by atoms with van der Waals surface area (Å²) in [4.78, 5) is 0. The van der Waals surface area contributed by atoms with Crippen LogP contribution in [0.5, 0.6) is 23.0 Å². The van der Waals surface area contributed by atoms with E-state index in [4.69, 9.17) is 20.4 Å². The lowest BCUT2D eigenvalue weighted by molar-refractivity contribution is -0.140. The standard InChI is InChI=1S/C7H4F4O4/c8-2-5(14)3(12)1(7(9,10)11)4(13)6(2)15/h12-15H. The van der Waals surface area contributed by atoms with E-state index < -0.39 is 40.6 Å². The maximum Gasteiger partial charge on any atom is 0.423 e. The van der Waals surface area contributed by atoms with Crippen LogP contribution in [-0.2, 0) is 6.18 Å². The molecule has 4 N–H and O–H groups in total. The molecule has 1 aromatic carbocycles. The molecule has 0 radical (unpaired) electrons. The lowest BCUT2D eigenvalue weighted by Crippen LogP contribution is -2.06. The van der Waals surface area contributed by atoms with E-state index in [0.29, 0.717) is 0 Å². The van der Waals surface area contributed by atoms with Crippen LogP contribution in [0, 0.1) is 5.82 Å². The average Bonchev–Trinajstić information content (AvgIpc) is 2.09. The molecule has 84 valence electrons. The van der Waals surface area contributed by atoms with Gasteiger partial charge in [-0.25, -0.2) is 0 Å². The number of hydrogen-bond acceptors (Lipinski definition) is 4. The molecule has 0 bridgehead atoms. The molecule has 0 heterocycles. The third kappa shape index (κ3) is 1.58. The van der Waals surface area contributed by atoms with Gasteiger partial charge in [0.25, 0.3) is 0 Å². The zero-order chi connectivity index (χ0) is 12.0. The number of alkyl halides is 3. The van der Waals surface area contributed by atoms with Crippen LogP contribution >= 0.6 is 0 Å². The highest BCUT2D eigenvalue weighted by Crippen LogP contribution is 2.51. The number of benzene rings is 1. The van der Waals surface area contributed by atoms with Gasteiger partial charge in [-0.3, -0.25) is 0 Å². The van der Waals surface area contributed by atoms with Crippen molar-refractivity contribution in [1.82, 2.24) is 0 Å². The van der Waals surface area contributed by atoms with Gasteiger partial charge in [0.2, 0.25) is 5.82 Å². The number of hydrogen-bond donors (Lipinski definition) is 4. The van der Waals surface area contributed by atoms with Gasteiger partial charge in [0.1, 0.15) is 5.56 Å². The highest BCUT2D eigenvalue weighted by Gasteiger charge is 2.41. The second kappa shape index (κ2) is 3.07. The first kappa shape index (κ1) is 11.2. The maximum absolute atomic E-state index is 12.6. The van der Waals surface area contributed by atoms with Gasteiger partial charge in [-0.1, -0.05) is 0 Å². The molecular weight excluding hydrogens is 224 g/mol. The monoisotopic (exact) mass is 228 g/mol. The fourth-order valence-corrected chi connectivity index (χ4v) is 0.938. The van der Waals surface area contributed by atoms with Gasteiger partial charge in [-0.15, -0.1) is 0 Å². The quantitative estimate of drug-likeness (QED) is 0.309. The zero-order valence-electron chi connectivity index (χ0n) is 6.80. The molecule has 0 aromatic heterocycles. The van der Waals surface area contributed by atoms with Crippen LogP contribution in [0.1, 0.15) is 5.56 Å². The fourth-order valence-electron chi connectivity index (χ4n) is 0.938. The van der Waals surface area contributed by atoms with Crippen molar-refractivity contribution in [2.24, 2.45) is 0 Å². The largest absolute Gasteiger partial charge is 0.504 e. The molecule has 1 aromatic rings. The fraction of sp³-hybridized carbons (Fsp3) is 0.143. The van der Waals surface area contributed by atoms with Crippen LogP contribution < -0.4 is 0 Å². The number of phenolic OH excluding ortho intramolecular Hbond substituents is 4. The van der Waals surface area contributed by atoms with Crippen molar-refractivity contribution < 1.29 is 38.0 Å². The van der Waals surface area contributed by atoms with Gasteiger partial charge in [0.15, 0.2) is 23.0 Å². The molecule has 0 aliphatic rings. The Hall–Kier alpha value is -1.86. The predicted octanol–water partition coefficient (Wildman–Crippen LogP) is 1.67. The van der Waals surface area contributed by atoms with E-state index in [0.717, 1.165) is 0 Å². The molecule has 0 amide bonds. The summed E-state index contributed by atoms with van der Waals surface area (Å²) in [6.07, 6.45) is -5.24. The van der Waals surface area contributed by atoms with Crippen molar-refractivity contribution in [3.63, 3.8) is 0 Å². The third-order valence-corrected chi connectivity index (χ3v) is 1.62. The predicted molar refractivity (Wildman–Crippen MR) is 38.1 cm³/mol. The summed E-state index contributed by atoms with van der Waals surface area (Å²) < 4.78 is 49.0. The van der Waals surface area contributed by atoms with E-state index in [1.807, 2.05) is 0 Å². The highest BCUT2D eigenvalue weighted by atomic mass is 19.4. The summed E-state index contributed by atoms with van der Waals surface area (Å²) in [6, 6.07) is 0. The first-order valence-electron chi connectivity index (χ1n) is 3.40. The molecule has 15 heavy (non-hydrogen) atoms. The van der Waals surface area contributed by atoms with E-state index in [2.05, 4.69) is 0 Å². The first-order valence-corrected chi connectivity index (χ1v) is 3.40. The van der Waals surface area contributed by atoms with Crippen LogP contribution in [-0.4, -0.2) is 20.4 Å². The molecule has 4 nitrogen and oxygen atoms in total. The normalized spacial score (nSPS) is 11.7. The summed E-state index contributed by atoms with van der Waals surface area (Å²) in [5.74, 6) is -9.25. The Kier molecular flexibility index (Phi) is 2.30. The number of phenols is 4. The van der Waals surface area contributed by atoms with Gasteiger partial charge in [0.05, 0.1) is 0 Å². The number of aromatic hydroxyl groups is 4. The molecule has 0 aliphatic carbocycles. The topological polar surface area (TPSA) is 80.9 Å².